The van der Waals surface area contributed by atoms with Gasteiger partial charge in [-0.05, 0) is 42.9 Å². The summed E-state index contributed by atoms with van der Waals surface area (Å²) in [5, 5.41) is 12.0. The number of hydrogen-bond acceptors (Lipinski definition) is 5. The van der Waals surface area contributed by atoms with E-state index < -0.39 is 0 Å². The summed E-state index contributed by atoms with van der Waals surface area (Å²) >= 11 is 1.44. The number of anilines is 1. The Hall–Kier alpha value is -2.41. The molecule has 0 radical (unpaired) electrons. The lowest BCUT2D eigenvalue weighted by Gasteiger charge is -2.32. The summed E-state index contributed by atoms with van der Waals surface area (Å²) in [6, 6.07) is 7.37. The first kappa shape index (κ1) is 18.0. The van der Waals surface area contributed by atoms with Gasteiger partial charge in [-0.25, -0.2) is 4.98 Å². The fourth-order valence-corrected chi connectivity index (χ4v) is 4.70. The largest absolute Gasteiger partial charge is 0.508 e. The Labute approximate surface area is 162 Å². The Morgan fingerprint density at radius 1 is 1.19 bits per heavy atom. The Kier molecular flexibility index (Phi) is 5.11. The van der Waals surface area contributed by atoms with E-state index in [9.17, 15) is 14.7 Å². The summed E-state index contributed by atoms with van der Waals surface area (Å²) < 4.78 is 0. The first-order chi connectivity index (χ1) is 13.1. The summed E-state index contributed by atoms with van der Waals surface area (Å²) in [6.07, 6.45) is 3.62. The minimum Gasteiger partial charge on any atom is -0.508 e. The number of aromatic hydroxyl groups is 1. The van der Waals surface area contributed by atoms with Crippen molar-refractivity contribution in [3.05, 3.63) is 40.9 Å². The molecule has 2 aliphatic heterocycles. The zero-order valence-corrected chi connectivity index (χ0v) is 16.0. The highest BCUT2D eigenvalue weighted by Gasteiger charge is 2.26. The molecule has 0 saturated carbocycles. The maximum atomic E-state index is 12.6. The molecule has 2 aromatic rings. The van der Waals surface area contributed by atoms with Crippen molar-refractivity contribution in [3.8, 4) is 5.75 Å². The first-order valence-electron chi connectivity index (χ1n) is 9.41. The standard InChI is InChI=1S/C20H23N3O3S/c24-17-5-3-14(4-6-17)15-7-10-22(11-8-15)19(26)12-16-13-27-20(21-16)23-9-1-2-18(23)25/h3-6,13,15,24H,1-2,7-12H2. The van der Waals surface area contributed by atoms with Gasteiger partial charge in [0.15, 0.2) is 5.13 Å². The second kappa shape index (κ2) is 7.68. The summed E-state index contributed by atoms with van der Waals surface area (Å²) in [6.45, 7) is 2.21. The number of amides is 2. The maximum absolute atomic E-state index is 12.6. The fourth-order valence-electron chi connectivity index (χ4n) is 3.83. The topological polar surface area (TPSA) is 73.7 Å². The number of phenols is 1. The number of carbonyl (C=O) groups excluding carboxylic acids is 2. The second-order valence-electron chi connectivity index (χ2n) is 7.19. The average molecular weight is 385 g/mol. The molecule has 27 heavy (non-hydrogen) atoms. The maximum Gasteiger partial charge on any atom is 0.228 e. The molecule has 0 atom stereocenters. The van der Waals surface area contributed by atoms with E-state index in [-0.39, 0.29) is 17.6 Å². The third kappa shape index (κ3) is 3.98. The lowest BCUT2D eigenvalue weighted by atomic mass is 9.89. The van der Waals surface area contributed by atoms with Gasteiger partial charge < -0.3 is 10.0 Å². The van der Waals surface area contributed by atoms with Crippen molar-refractivity contribution in [1.82, 2.24) is 9.88 Å². The predicted octanol–water partition coefficient (Wildman–Crippen LogP) is 2.92. The Morgan fingerprint density at radius 3 is 2.59 bits per heavy atom. The lowest BCUT2D eigenvalue weighted by Crippen LogP contribution is -2.38. The van der Waals surface area contributed by atoms with Gasteiger partial charge in [-0.1, -0.05) is 12.1 Å². The molecular formula is C20H23N3O3S. The van der Waals surface area contributed by atoms with E-state index in [4.69, 9.17) is 0 Å². The molecule has 4 rings (SSSR count). The van der Waals surface area contributed by atoms with Crippen LogP contribution in [0.3, 0.4) is 0 Å². The smallest absolute Gasteiger partial charge is 0.228 e. The van der Waals surface area contributed by atoms with Gasteiger partial charge in [-0.3, -0.25) is 14.5 Å². The average Bonchev–Trinajstić information content (AvgIpc) is 3.31. The zero-order chi connectivity index (χ0) is 18.8. The van der Waals surface area contributed by atoms with Gasteiger partial charge in [0.25, 0.3) is 0 Å². The van der Waals surface area contributed by atoms with Crippen molar-refractivity contribution in [2.75, 3.05) is 24.5 Å². The quantitative estimate of drug-likeness (QED) is 0.878. The molecular weight excluding hydrogens is 362 g/mol. The van der Waals surface area contributed by atoms with Crippen LogP contribution in [0, 0.1) is 0 Å². The highest BCUT2D eigenvalue weighted by atomic mass is 32.1. The van der Waals surface area contributed by atoms with Crippen molar-refractivity contribution < 1.29 is 14.7 Å². The molecule has 1 aromatic carbocycles. The minimum atomic E-state index is 0.101. The van der Waals surface area contributed by atoms with Crippen molar-refractivity contribution in [1.29, 1.82) is 0 Å². The molecule has 0 unspecified atom stereocenters. The van der Waals surface area contributed by atoms with Crippen LogP contribution in [-0.2, 0) is 16.0 Å². The van der Waals surface area contributed by atoms with Crippen LogP contribution < -0.4 is 4.90 Å². The highest BCUT2D eigenvalue weighted by molar-refractivity contribution is 7.14. The summed E-state index contributed by atoms with van der Waals surface area (Å²) in [5.41, 5.74) is 1.97. The van der Waals surface area contributed by atoms with Gasteiger partial charge in [-0.2, -0.15) is 0 Å². The minimum absolute atomic E-state index is 0.101. The molecule has 2 saturated heterocycles. The molecule has 142 valence electrons. The van der Waals surface area contributed by atoms with E-state index in [1.165, 1.54) is 16.9 Å². The van der Waals surface area contributed by atoms with Gasteiger partial charge in [0.05, 0.1) is 12.1 Å². The number of benzene rings is 1. The van der Waals surface area contributed by atoms with Crippen molar-refractivity contribution in [2.24, 2.45) is 0 Å². The Bertz CT molecular complexity index is 825. The van der Waals surface area contributed by atoms with Crippen LogP contribution in [0.5, 0.6) is 5.75 Å². The van der Waals surface area contributed by atoms with Crippen LogP contribution in [0.25, 0.3) is 0 Å². The molecule has 6 nitrogen and oxygen atoms in total. The van der Waals surface area contributed by atoms with E-state index in [1.54, 1.807) is 17.0 Å². The third-order valence-corrected chi connectivity index (χ3v) is 6.30. The third-order valence-electron chi connectivity index (χ3n) is 5.39. The van der Waals surface area contributed by atoms with Crippen LogP contribution >= 0.6 is 11.3 Å². The molecule has 2 amide bonds. The summed E-state index contributed by atoms with van der Waals surface area (Å²) in [4.78, 5) is 32.6. The van der Waals surface area contributed by atoms with Gasteiger partial charge >= 0.3 is 0 Å². The van der Waals surface area contributed by atoms with E-state index in [2.05, 4.69) is 4.98 Å². The van der Waals surface area contributed by atoms with E-state index in [1.807, 2.05) is 22.4 Å². The summed E-state index contributed by atoms with van der Waals surface area (Å²) in [5.74, 6) is 0.939. The van der Waals surface area contributed by atoms with Crippen molar-refractivity contribution in [3.63, 3.8) is 0 Å². The van der Waals surface area contributed by atoms with E-state index in [0.29, 0.717) is 23.9 Å². The Morgan fingerprint density at radius 2 is 1.93 bits per heavy atom. The van der Waals surface area contributed by atoms with E-state index in [0.717, 1.165) is 44.6 Å². The molecule has 1 aromatic heterocycles. The van der Waals surface area contributed by atoms with Crippen LogP contribution in [0.1, 0.15) is 42.9 Å². The van der Waals surface area contributed by atoms with Gasteiger partial charge in [0, 0.05) is 31.4 Å². The molecule has 0 spiro atoms. The fraction of sp³-hybridized carbons (Fsp3) is 0.450. The molecule has 0 bridgehead atoms. The van der Waals surface area contributed by atoms with Gasteiger partial charge in [-0.15, -0.1) is 11.3 Å². The van der Waals surface area contributed by atoms with Crippen LogP contribution in [0.4, 0.5) is 5.13 Å². The molecule has 3 heterocycles. The molecule has 7 heteroatoms. The van der Waals surface area contributed by atoms with Crippen LogP contribution in [-0.4, -0.2) is 46.4 Å². The van der Waals surface area contributed by atoms with Crippen LogP contribution in [0.2, 0.25) is 0 Å². The number of rotatable bonds is 4. The van der Waals surface area contributed by atoms with Crippen molar-refractivity contribution in [2.45, 2.75) is 38.0 Å². The first-order valence-corrected chi connectivity index (χ1v) is 10.3. The molecule has 2 fully saturated rings. The number of nitrogens with zero attached hydrogens (tertiary/aromatic N) is 3. The van der Waals surface area contributed by atoms with Crippen LogP contribution in [0.15, 0.2) is 29.6 Å². The number of phenolic OH excluding ortho intramolecular Hbond substituents is 1. The number of thiazole rings is 1. The van der Waals surface area contributed by atoms with E-state index >= 15 is 0 Å². The Balaban J connectivity index is 1.31. The predicted molar refractivity (Wildman–Crippen MR) is 104 cm³/mol. The van der Waals surface area contributed by atoms with Crippen molar-refractivity contribution >= 4 is 28.3 Å². The SMILES string of the molecule is O=C(Cc1csc(N2CCCC2=O)n1)N1CCC(c2ccc(O)cc2)CC1. The number of likely N-dealkylation sites (tertiary alicyclic amines) is 1. The lowest BCUT2D eigenvalue weighted by molar-refractivity contribution is -0.131. The second-order valence-corrected chi connectivity index (χ2v) is 8.03. The number of aromatic nitrogens is 1. The molecule has 2 aliphatic rings. The molecule has 1 N–H and O–H groups in total. The molecule has 0 aliphatic carbocycles. The monoisotopic (exact) mass is 385 g/mol. The normalized spacial score (nSPS) is 18.3. The summed E-state index contributed by atoms with van der Waals surface area (Å²) in [7, 11) is 0. The number of hydrogen-bond donors (Lipinski definition) is 1. The number of piperidine rings is 1. The zero-order valence-electron chi connectivity index (χ0n) is 15.1. The van der Waals surface area contributed by atoms with Gasteiger partial charge in [0.1, 0.15) is 5.75 Å². The number of carbonyl (C=O) groups is 2. The highest BCUT2D eigenvalue weighted by Crippen LogP contribution is 2.30. The van der Waals surface area contributed by atoms with Gasteiger partial charge in [0.2, 0.25) is 11.8 Å².